The average Bonchev–Trinajstić information content (AvgIpc) is 3.16. The largest absolute Gasteiger partial charge is 0.493 e. The molecule has 0 N–H and O–H groups in total. The first-order valence-electron chi connectivity index (χ1n) is 13.2. The first-order chi connectivity index (χ1) is 18.7. The van der Waals surface area contributed by atoms with Crippen molar-refractivity contribution in [2.24, 2.45) is 17.8 Å². The van der Waals surface area contributed by atoms with Crippen LogP contribution in [-0.2, 0) is 28.1 Å². The maximum Gasteiger partial charge on any atom is 0.310 e. The van der Waals surface area contributed by atoms with E-state index in [1.165, 1.54) is 0 Å². The molecule has 1 aromatic heterocycles. The van der Waals surface area contributed by atoms with Crippen LogP contribution >= 0.6 is 8.38 Å². The Morgan fingerprint density at radius 3 is 2.13 bits per heavy atom. The predicted octanol–water partition coefficient (Wildman–Crippen LogP) is 4.91. The average molecular weight is 566 g/mol. The van der Waals surface area contributed by atoms with Gasteiger partial charge in [0.2, 0.25) is 0 Å². The van der Waals surface area contributed by atoms with Crippen LogP contribution in [0.5, 0.6) is 11.5 Å². The van der Waals surface area contributed by atoms with Gasteiger partial charge in [-0.05, 0) is 31.2 Å². The zero-order valence-corrected chi connectivity index (χ0v) is 24.6. The van der Waals surface area contributed by atoms with Gasteiger partial charge in [-0.2, -0.15) is 0 Å². The van der Waals surface area contributed by atoms with E-state index in [2.05, 4.69) is 14.9 Å². The molecule has 0 saturated carbocycles. The van der Waals surface area contributed by atoms with Crippen molar-refractivity contribution in [2.45, 2.75) is 47.0 Å². The Balaban J connectivity index is 1.66. The second-order valence-electron chi connectivity index (χ2n) is 9.95. The molecule has 1 unspecified atom stereocenters. The Labute approximate surface area is 231 Å². The molecule has 1 fully saturated rings. The summed E-state index contributed by atoms with van der Waals surface area (Å²) in [5.41, 5.74) is 0.788. The van der Waals surface area contributed by atoms with Gasteiger partial charge in [0.25, 0.3) is 0 Å². The number of benzene rings is 1. The second-order valence-corrected chi connectivity index (χ2v) is 11.5. The maximum atomic E-state index is 11.8. The van der Waals surface area contributed by atoms with Gasteiger partial charge < -0.3 is 23.8 Å². The SMILES string of the molecule is COc1cc2ncnc(N3CCCC(CP(OCOC(=O)C(C)C)OCOC(=O)C(C)C)CC3)c2cc1OC. The Morgan fingerprint density at radius 2 is 1.54 bits per heavy atom. The number of methoxy groups -OCH3 is 2. The highest BCUT2D eigenvalue weighted by atomic mass is 31.2. The molecule has 0 bridgehead atoms. The van der Waals surface area contributed by atoms with Gasteiger partial charge in [-0.3, -0.25) is 18.6 Å². The van der Waals surface area contributed by atoms with Crippen molar-refractivity contribution in [3.05, 3.63) is 18.5 Å². The number of aromatic nitrogens is 2. The number of nitrogens with zero attached hydrogens (tertiary/aromatic N) is 3. The number of fused-ring (bicyclic) bond motifs is 1. The van der Waals surface area contributed by atoms with Crippen molar-refractivity contribution in [2.75, 3.05) is 52.0 Å². The normalized spacial score (nSPS) is 16.0. The summed E-state index contributed by atoms with van der Waals surface area (Å²) in [7, 11) is 1.78. The van der Waals surface area contributed by atoms with Gasteiger partial charge in [-0.15, -0.1) is 0 Å². The van der Waals surface area contributed by atoms with Crippen LogP contribution in [0.3, 0.4) is 0 Å². The van der Waals surface area contributed by atoms with Crippen molar-refractivity contribution < 1.29 is 37.6 Å². The zero-order chi connectivity index (χ0) is 28.4. The van der Waals surface area contributed by atoms with Crippen LogP contribution in [0.2, 0.25) is 0 Å². The van der Waals surface area contributed by atoms with Gasteiger partial charge >= 0.3 is 11.9 Å². The van der Waals surface area contributed by atoms with Crippen molar-refractivity contribution >= 4 is 37.0 Å². The lowest BCUT2D eigenvalue weighted by Crippen LogP contribution is -2.25. The van der Waals surface area contributed by atoms with Gasteiger partial charge in [0.15, 0.2) is 33.5 Å². The van der Waals surface area contributed by atoms with Crippen LogP contribution < -0.4 is 14.4 Å². The summed E-state index contributed by atoms with van der Waals surface area (Å²) in [6.07, 6.45) is 5.03. The smallest absolute Gasteiger partial charge is 0.310 e. The first-order valence-corrected chi connectivity index (χ1v) is 14.6. The van der Waals surface area contributed by atoms with Crippen molar-refractivity contribution in [1.82, 2.24) is 9.97 Å². The quantitative estimate of drug-likeness (QED) is 0.187. The standard InChI is InChI=1S/C27H40N3O8P/c1-18(2)26(31)35-16-37-39(38-17-36-27(32)19(3)4)14-20-8-7-10-30(11-9-20)25-21-12-23(33-5)24(34-6)13-22(21)28-15-29-25/h12-13,15,18-20H,7-11,14,16-17H2,1-6H3. The Kier molecular flexibility index (Phi) is 12.0. The molecule has 0 amide bonds. The second kappa shape index (κ2) is 15.1. The summed E-state index contributed by atoms with van der Waals surface area (Å²) in [5.74, 6) is 1.24. The molecule has 0 spiro atoms. The molecule has 0 radical (unpaired) electrons. The predicted molar refractivity (Wildman–Crippen MR) is 148 cm³/mol. The van der Waals surface area contributed by atoms with Gasteiger partial charge in [0.05, 0.1) is 31.6 Å². The summed E-state index contributed by atoms with van der Waals surface area (Å²) < 4.78 is 32.9. The topological polar surface area (TPSA) is 119 Å². The Hall–Kier alpha value is -2.75. The summed E-state index contributed by atoms with van der Waals surface area (Å²) in [6.45, 7) is 8.29. The van der Waals surface area contributed by atoms with Crippen LogP contribution in [0.15, 0.2) is 18.5 Å². The maximum absolute atomic E-state index is 11.8. The highest BCUT2D eigenvalue weighted by Gasteiger charge is 2.25. The van der Waals surface area contributed by atoms with E-state index >= 15 is 0 Å². The number of carbonyl (C=O) groups excluding carboxylic acids is 2. The number of hydrogen-bond donors (Lipinski definition) is 0. The molecule has 39 heavy (non-hydrogen) atoms. The molecule has 1 aromatic carbocycles. The number of carbonyl (C=O) groups is 2. The summed E-state index contributed by atoms with van der Waals surface area (Å²) in [5, 5.41) is 0.904. The van der Waals surface area contributed by atoms with E-state index in [9.17, 15) is 9.59 Å². The number of hydrogen-bond acceptors (Lipinski definition) is 11. The van der Waals surface area contributed by atoms with Gasteiger partial charge in [-0.25, -0.2) is 9.97 Å². The zero-order valence-electron chi connectivity index (χ0n) is 23.7. The fourth-order valence-corrected chi connectivity index (χ4v) is 5.57. The molecular formula is C27H40N3O8P. The molecule has 2 heterocycles. The van der Waals surface area contributed by atoms with Gasteiger partial charge in [0.1, 0.15) is 12.1 Å². The lowest BCUT2D eigenvalue weighted by atomic mass is 10.0. The number of anilines is 1. The molecule has 3 rings (SSSR count). The molecule has 1 aliphatic rings. The molecule has 0 aliphatic carbocycles. The highest BCUT2D eigenvalue weighted by molar-refractivity contribution is 7.47. The minimum atomic E-state index is -1.43. The Bertz CT molecular complexity index is 1070. The summed E-state index contributed by atoms with van der Waals surface area (Å²) >= 11 is 0. The fraction of sp³-hybridized carbons (Fsp3) is 0.630. The van der Waals surface area contributed by atoms with Crippen molar-refractivity contribution in [3.63, 3.8) is 0 Å². The molecule has 1 atom stereocenters. The molecule has 1 aliphatic heterocycles. The third kappa shape index (κ3) is 8.88. The molecule has 1 saturated heterocycles. The van der Waals surface area contributed by atoms with Crippen LogP contribution in [-0.4, -0.2) is 69.0 Å². The highest BCUT2D eigenvalue weighted by Crippen LogP contribution is 2.43. The third-order valence-electron chi connectivity index (χ3n) is 6.41. The Morgan fingerprint density at radius 1 is 0.923 bits per heavy atom. The van der Waals surface area contributed by atoms with Gasteiger partial charge in [-0.1, -0.05) is 27.7 Å². The van der Waals surface area contributed by atoms with E-state index in [-0.39, 0.29) is 37.4 Å². The number of ether oxygens (including phenoxy) is 4. The molecular weight excluding hydrogens is 525 g/mol. The van der Waals surface area contributed by atoms with E-state index in [4.69, 9.17) is 28.0 Å². The van der Waals surface area contributed by atoms with Gasteiger partial charge in [0, 0.05) is 30.7 Å². The number of esters is 2. The molecule has 12 heteroatoms. The van der Waals surface area contributed by atoms with E-state index in [1.807, 2.05) is 12.1 Å². The van der Waals surface area contributed by atoms with E-state index in [0.29, 0.717) is 23.6 Å². The lowest BCUT2D eigenvalue weighted by Gasteiger charge is -2.24. The van der Waals surface area contributed by atoms with Crippen LogP contribution in [0.25, 0.3) is 10.9 Å². The minimum absolute atomic E-state index is 0.197. The van der Waals surface area contributed by atoms with E-state index in [0.717, 1.165) is 49.1 Å². The summed E-state index contributed by atoms with van der Waals surface area (Å²) in [6, 6.07) is 3.78. The lowest BCUT2D eigenvalue weighted by molar-refractivity contribution is -0.155. The van der Waals surface area contributed by atoms with E-state index in [1.54, 1.807) is 48.2 Å². The molecule has 11 nitrogen and oxygen atoms in total. The van der Waals surface area contributed by atoms with Crippen LogP contribution in [0.1, 0.15) is 47.0 Å². The summed E-state index contributed by atoms with van der Waals surface area (Å²) in [4.78, 5) is 35.0. The molecule has 2 aromatic rings. The fourth-order valence-electron chi connectivity index (χ4n) is 4.15. The van der Waals surface area contributed by atoms with Crippen LogP contribution in [0.4, 0.5) is 5.82 Å². The first kappa shape index (κ1) is 30.8. The monoisotopic (exact) mass is 565 g/mol. The third-order valence-corrected chi connectivity index (χ3v) is 8.01. The van der Waals surface area contributed by atoms with Crippen molar-refractivity contribution in [1.29, 1.82) is 0 Å². The minimum Gasteiger partial charge on any atom is -0.493 e. The van der Waals surface area contributed by atoms with Crippen LogP contribution in [0, 0.1) is 17.8 Å². The van der Waals surface area contributed by atoms with E-state index < -0.39 is 8.38 Å². The number of rotatable bonds is 13. The van der Waals surface area contributed by atoms with Crippen molar-refractivity contribution in [3.8, 4) is 11.5 Å². The molecule has 216 valence electrons.